The molecule has 0 spiro atoms. The van der Waals surface area contributed by atoms with E-state index in [1.54, 1.807) is 26.1 Å². The number of Topliss-reactive ketones (excluding diaryl/α,β-unsaturated/α-hetero) is 1. The molecule has 0 aliphatic carbocycles. The highest BCUT2D eigenvalue weighted by molar-refractivity contribution is 5.87. The van der Waals surface area contributed by atoms with E-state index in [-0.39, 0.29) is 11.8 Å². The van der Waals surface area contributed by atoms with Crippen LogP contribution in [0, 0.1) is 0 Å². The molecule has 0 fully saturated rings. The first-order valence-corrected chi connectivity index (χ1v) is 5.47. The Kier molecular flexibility index (Phi) is 4.76. The third-order valence-corrected chi connectivity index (χ3v) is 2.23. The zero-order valence-electron chi connectivity index (χ0n) is 9.71. The Bertz CT molecular complexity index is 368. The summed E-state index contributed by atoms with van der Waals surface area (Å²) in [5.74, 6) is -0.138. The number of ketones is 1. The lowest BCUT2D eigenvalue weighted by Crippen LogP contribution is -2.04. The number of esters is 1. The van der Waals surface area contributed by atoms with Crippen molar-refractivity contribution in [3.05, 3.63) is 23.5 Å². The van der Waals surface area contributed by atoms with Crippen molar-refractivity contribution in [2.75, 3.05) is 6.61 Å². The fraction of sp³-hybridized carbons (Fsp3) is 0.500. The maximum Gasteiger partial charge on any atom is 0.354 e. The van der Waals surface area contributed by atoms with E-state index in [9.17, 15) is 9.59 Å². The number of aryl methyl sites for hydroxylation is 1. The molecule has 0 aliphatic rings. The number of carbonyl (C=O) groups excluding carboxylic acids is 2. The molecule has 4 heteroatoms. The number of nitrogens with one attached hydrogen (secondary N) is 1. The molecule has 4 nitrogen and oxygen atoms in total. The van der Waals surface area contributed by atoms with Crippen LogP contribution in [0.25, 0.3) is 0 Å². The number of aromatic amines is 1. The average Bonchev–Trinajstić information content (AvgIpc) is 2.66. The predicted molar refractivity (Wildman–Crippen MR) is 60.4 cm³/mol. The molecule has 1 aromatic heterocycles. The highest BCUT2D eigenvalue weighted by Crippen LogP contribution is 2.09. The van der Waals surface area contributed by atoms with Crippen molar-refractivity contribution in [3.8, 4) is 0 Å². The monoisotopic (exact) mass is 223 g/mol. The van der Waals surface area contributed by atoms with Crippen LogP contribution in [0.15, 0.2) is 12.3 Å². The summed E-state index contributed by atoms with van der Waals surface area (Å²) in [7, 11) is 0. The van der Waals surface area contributed by atoms with Crippen molar-refractivity contribution in [2.24, 2.45) is 0 Å². The Hall–Kier alpha value is -1.58. The Morgan fingerprint density at radius 2 is 2.19 bits per heavy atom. The zero-order chi connectivity index (χ0) is 12.0. The smallest absolute Gasteiger partial charge is 0.354 e. The molecule has 1 aromatic rings. The van der Waals surface area contributed by atoms with Crippen LogP contribution in [0.5, 0.6) is 0 Å². The van der Waals surface area contributed by atoms with Crippen molar-refractivity contribution in [3.63, 3.8) is 0 Å². The second-order valence-corrected chi connectivity index (χ2v) is 3.70. The second kappa shape index (κ2) is 6.10. The molecule has 0 bridgehead atoms. The molecule has 0 saturated carbocycles. The van der Waals surface area contributed by atoms with E-state index in [1.807, 2.05) is 0 Å². The Balaban J connectivity index is 2.45. The molecule has 0 atom stereocenters. The van der Waals surface area contributed by atoms with E-state index >= 15 is 0 Å². The predicted octanol–water partition coefficient (Wildman–Crippen LogP) is 2.10. The molecule has 0 aromatic carbocycles. The molecule has 0 radical (unpaired) electrons. The van der Waals surface area contributed by atoms with Gasteiger partial charge in [-0.05, 0) is 38.3 Å². The van der Waals surface area contributed by atoms with Crippen LogP contribution in [-0.4, -0.2) is 23.3 Å². The van der Waals surface area contributed by atoms with E-state index in [2.05, 4.69) is 4.98 Å². The summed E-state index contributed by atoms with van der Waals surface area (Å²) in [6.45, 7) is 3.73. The normalized spacial score (nSPS) is 10.1. The van der Waals surface area contributed by atoms with Gasteiger partial charge in [0.2, 0.25) is 0 Å². The number of H-pyrrole nitrogens is 1. The van der Waals surface area contributed by atoms with Gasteiger partial charge >= 0.3 is 5.97 Å². The minimum atomic E-state index is -0.333. The first-order valence-electron chi connectivity index (χ1n) is 5.47. The Labute approximate surface area is 95.0 Å². The molecule has 0 unspecified atom stereocenters. The van der Waals surface area contributed by atoms with Crippen LogP contribution in [0.1, 0.15) is 42.7 Å². The molecule has 0 aliphatic heterocycles. The van der Waals surface area contributed by atoms with Crippen molar-refractivity contribution >= 4 is 11.8 Å². The van der Waals surface area contributed by atoms with E-state index in [4.69, 9.17) is 4.74 Å². The van der Waals surface area contributed by atoms with E-state index < -0.39 is 0 Å². The van der Waals surface area contributed by atoms with Gasteiger partial charge < -0.3 is 14.5 Å². The fourth-order valence-corrected chi connectivity index (χ4v) is 1.45. The lowest BCUT2D eigenvalue weighted by Gasteiger charge is -1.97. The summed E-state index contributed by atoms with van der Waals surface area (Å²) in [5, 5.41) is 0. The molecular formula is C12H17NO3. The molecule has 1 rings (SSSR count). The van der Waals surface area contributed by atoms with Crippen molar-refractivity contribution in [1.82, 2.24) is 4.98 Å². The largest absolute Gasteiger partial charge is 0.461 e. The van der Waals surface area contributed by atoms with Crippen LogP contribution in [0.3, 0.4) is 0 Å². The van der Waals surface area contributed by atoms with Crippen LogP contribution >= 0.6 is 0 Å². The minimum absolute atomic E-state index is 0.196. The molecule has 1 heterocycles. The molecule has 88 valence electrons. The lowest BCUT2D eigenvalue weighted by molar-refractivity contribution is -0.117. The summed E-state index contributed by atoms with van der Waals surface area (Å²) in [6, 6.07) is 1.78. The van der Waals surface area contributed by atoms with Gasteiger partial charge in [-0.3, -0.25) is 0 Å². The van der Waals surface area contributed by atoms with Gasteiger partial charge in [-0.15, -0.1) is 0 Å². The third-order valence-electron chi connectivity index (χ3n) is 2.23. The Morgan fingerprint density at radius 3 is 2.81 bits per heavy atom. The number of rotatable bonds is 6. The number of ether oxygens (including phenoxy) is 1. The summed E-state index contributed by atoms with van der Waals surface area (Å²) >= 11 is 0. The number of aromatic nitrogens is 1. The minimum Gasteiger partial charge on any atom is -0.461 e. The molecule has 0 saturated heterocycles. The van der Waals surface area contributed by atoms with Crippen LogP contribution in [0.2, 0.25) is 0 Å². The van der Waals surface area contributed by atoms with Gasteiger partial charge in [0.05, 0.1) is 6.61 Å². The molecular weight excluding hydrogens is 206 g/mol. The second-order valence-electron chi connectivity index (χ2n) is 3.70. The highest BCUT2D eigenvalue weighted by atomic mass is 16.5. The van der Waals surface area contributed by atoms with Crippen molar-refractivity contribution in [2.45, 2.75) is 33.1 Å². The van der Waals surface area contributed by atoms with Gasteiger partial charge in [0.25, 0.3) is 0 Å². The highest BCUT2D eigenvalue weighted by Gasteiger charge is 2.08. The van der Waals surface area contributed by atoms with E-state index in [1.165, 1.54) is 0 Å². The van der Waals surface area contributed by atoms with Gasteiger partial charge in [-0.25, -0.2) is 4.79 Å². The third kappa shape index (κ3) is 3.88. The van der Waals surface area contributed by atoms with Gasteiger partial charge in [-0.1, -0.05) is 0 Å². The summed E-state index contributed by atoms with van der Waals surface area (Å²) in [5.41, 5.74) is 1.50. The summed E-state index contributed by atoms with van der Waals surface area (Å²) in [6.07, 6.45) is 3.98. The van der Waals surface area contributed by atoms with E-state index in [0.29, 0.717) is 18.7 Å². The fourth-order valence-electron chi connectivity index (χ4n) is 1.45. The van der Waals surface area contributed by atoms with Crippen LogP contribution in [-0.2, 0) is 16.0 Å². The van der Waals surface area contributed by atoms with E-state index in [0.717, 1.165) is 18.4 Å². The number of carbonyl (C=O) groups is 2. The maximum atomic E-state index is 11.3. The first kappa shape index (κ1) is 12.5. The van der Waals surface area contributed by atoms with Crippen LogP contribution < -0.4 is 0 Å². The zero-order valence-corrected chi connectivity index (χ0v) is 9.71. The van der Waals surface area contributed by atoms with Crippen molar-refractivity contribution in [1.29, 1.82) is 0 Å². The number of hydrogen-bond donors (Lipinski definition) is 1. The van der Waals surface area contributed by atoms with Gasteiger partial charge in [0, 0.05) is 12.6 Å². The molecule has 0 amide bonds. The summed E-state index contributed by atoms with van der Waals surface area (Å²) < 4.78 is 4.86. The van der Waals surface area contributed by atoms with Gasteiger partial charge in [0.1, 0.15) is 11.5 Å². The SMILES string of the molecule is CCOC(=O)c1cc(CCCC(C)=O)c[nH]1. The molecule has 1 N–H and O–H groups in total. The Morgan fingerprint density at radius 1 is 1.44 bits per heavy atom. The topological polar surface area (TPSA) is 59.2 Å². The maximum absolute atomic E-state index is 11.3. The average molecular weight is 223 g/mol. The quantitative estimate of drug-likeness (QED) is 0.751. The van der Waals surface area contributed by atoms with Gasteiger partial charge in [-0.2, -0.15) is 0 Å². The summed E-state index contributed by atoms with van der Waals surface area (Å²) in [4.78, 5) is 25.0. The van der Waals surface area contributed by atoms with Crippen LogP contribution in [0.4, 0.5) is 0 Å². The standard InChI is InChI=1S/C12H17NO3/c1-3-16-12(15)11-7-10(8-13-11)6-4-5-9(2)14/h7-8,13H,3-6H2,1-2H3. The molecule has 16 heavy (non-hydrogen) atoms. The van der Waals surface area contributed by atoms with Gasteiger partial charge in [0.15, 0.2) is 0 Å². The van der Waals surface area contributed by atoms with Crippen molar-refractivity contribution < 1.29 is 14.3 Å². The lowest BCUT2D eigenvalue weighted by atomic mass is 10.1. The number of hydrogen-bond acceptors (Lipinski definition) is 3. The first-order chi connectivity index (χ1) is 7.63.